The van der Waals surface area contributed by atoms with Crippen molar-refractivity contribution in [2.75, 3.05) is 33.4 Å². The number of hydrogen-bond donors (Lipinski definition) is 2. The topological polar surface area (TPSA) is 71.0 Å². The number of hydrogen-bond acceptors (Lipinski definition) is 5. The second-order valence-corrected chi connectivity index (χ2v) is 6.33. The third-order valence-electron chi connectivity index (χ3n) is 4.70. The Kier molecular flexibility index (Phi) is 5.33. The molecule has 0 aliphatic carbocycles. The van der Waals surface area contributed by atoms with Crippen molar-refractivity contribution in [3.05, 3.63) is 29.6 Å². The van der Waals surface area contributed by atoms with Crippen molar-refractivity contribution >= 4 is 5.91 Å². The summed E-state index contributed by atoms with van der Waals surface area (Å²) in [4.78, 5) is 14.6. The molecule has 2 fully saturated rings. The van der Waals surface area contributed by atoms with Gasteiger partial charge in [-0.2, -0.15) is 0 Å². The van der Waals surface area contributed by atoms with Crippen LogP contribution in [-0.2, 0) is 4.74 Å². The van der Waals surface area contributed by atoms with E-state index in [9.17, 15) is 9.18 Å². The van der Waals surface area contributed by atoms with Crippen LogP contribution in [0.5, 0.6) is 5.75 Å². The van der Waals surface area contributed by atoms with Gasteiger partial charge in [0, 0.05) is 37.8 Å². The fourth-order valence-electron chi connectivity index (χ4n) is 3.44. The number of nitrogens with zero attached hydrogens (tertiary/aromatic N) is 1. The Morgan fingerprint density at radius 2 is 2.33 bits per heavy atom. The highest BCUT2D eigenvalue weighted by atomic mass is 19.1. The fraction of sp³-hybridized carbons (Fsp3) is 0.588. The average molecular weight is 338 g/mol. The number of amides is 1. The van der Waals surface area contributed by atoms with Gasteiger partial charge in [0.2, 0.25) is 0 Å². The van der Waals surface area contributed by atoms with Gasteiger partial charge in [0.25, 0.3) is 5.91 Å². The third kappa shape index (κ3) is 3.68. The number of aliphatic hydroxyl groups is 1. The minimum atomic E-state index is -0.589. The Balaban J connectivity index is 1.58. The zero-order chi connectivity index (χ0) is 17.1. The first-order valence-electron chi connectivity index (χ1n) is 8.21. The standard InChI is InChI=1S/C17H23FN2O4/c1-23-13-2-3-15(16(18)7-13)17(22)19-11-6-12-10-24-14(4-5-21)9-20(12)8-11/h2-3,7,11-12,14,21H,4-6,8-10H2,1H3,(H,19,22)/t11-,12+,14+/m1/s1. The molecule has 0 bridgehead atoms. The largest absolute Gasteiger partial charge is 0.497 e. The van der Waals surface area contributed by atoms with Gasteiger partial charge in [-0.05, 0) is 25.0 Å². The number of carbonyl (C=O) groups excluding carboxylic acids is 1. The number of halogens is 1. The summed E-state index contributed by atoms with van der Waals surface area (Å²) in [5.74, 6) is -0.615. The molecule has 24 heavy (non-hydrogen) atoms. The number of benzene rings is 1. The molecule has 3 atom stereocenters. The zero-order valence-corrected chi connectivity index (χ0v) is 13.7. The molecule has 2 saturated heterocycles. The molecule has 2 heterocycles. The second kappa shape index (κ2) is 7.46. The van der Waals surface area contributed by atoms with E-state index in [1.54, 1.807) is 6.07 Å². The van der Waals surface area contributed by atoms with Crippen molar-refractivity contribution < 1.29 is 23.8 Å². The maximum absolute atomic E-state index is 14.0. The molecular formula is C17H23FN2O4. The summed E-state index contributed by atoms with van der Waals surface area (Å²) in [6.07, 6.45) is 1.45. The van der Waals surface area contributed by atoms with E-state index < -0.39 is 11.7 Å². The van der Waals surface area contributed by atoms with Gasteiger partial charge in [-0.25, -0.2) is 4.39 Å². The minimum Gasteiger partial charge on any atom is -0.497 e. The highest BCUT2D eigenvalue weighted by Crippen LogP contribution is 2.25. The van der Waals surface area contributed by atoms with Gasteiger partial charge in [-0.3, -0.25) is 9.69 Å². The molecule has 1 amide bonds. The third-order valence-corrected chi connectivity index (χ3v) is 4.70. The molecule has 7 heteroatoms. The molecule has 2 N–H and O–H groups in total. The smallest absolute Gasteiger partial charge is 0.254 e. The van der Waals surface area contributed by atoms with Crippen LogP contribution < -0.4 is 10.1 Å². The normalized spacial score (nSPS) is 26.9. The summed E-state index contributed by atoms with van der Waals surface area (Å²) < 4.78 is 24.7. The Morgan fingerprint density at radius 3 is 3.04 bits per heavy atom. The second-order valence-electron chi connectivity index (χ2n) is 6.33. The number of nitrogens with one attached hydrogen (secondary N) is 1. The number of ether oxygens (including phenoxy) is 2. The Bertz CT molecular complexity index is 598. The van der Waals surface area contributed by atoms with Gasteiger partial charge in [-0.15, -0.1) is 0 Å². The predicted octanol–water partition coefficient (Wildman–Crippen LogP) is 0.788. The van der Waals surface area contributed by atoms with Crippen LogP contribution in [-0.4, -0.2) is 67.5 Å². The summed E-state index contributed by atoms with van der Waals surface area (Å²) in [6.45, 7) is 2.20. The summed E-state index contributed by atoms with van der Waals surface area (Å²) in [7, 11) is 1.45. The van der Waals surface area contributed by atoms with Crippen LogP contribution in [0.4, 0.5) is 4.39 Å². The first-order valence-corrected chi connectivity index (χ1v) is 8.21. The maximum atomic E-state index is 14.0. The quantitative estimate of drug-likeness (QED) is 0.831. The zero-order valence-electron chi connectivity index (χ0n) is 13.7. The van der Waals surface area contributed by atoms with Gasteiger partial charge in [0.15, 0.2) is 0 Å². The van der Waals surface area contributed by atoms with E-state index in [4.69, 9.17) is 14.6 Å². The van der Waals surface area contributed by atoms with E-state index in [1.165, 1.54) is 19.2 Å². The SMILES string of the molecule is COc1ccc(C(=O)N[C@@H]2C[C@H]3CO[C@@H](CCO)CN3C2)c(F)c1. The summed E-state index contributed by atoms with van der Waals surface area (Å²) in [5.41, 5.74) is 0.0232. The minimum absolute atomic E-state index is 0.0232. The molecule has 132 valence electrons. The number of morpholine rings is 1. The van der Waals surface area contributed by atoms with Crippen LogP contribution >= 0.6 is 0 Å². The van der Waals surface area contributed by atoms with Gasteiger partial charge in [-0.1, -0.05) is 0 Å². The van der Waals surface area contributed by atoms with E-state index >= 15 is 0 Å². The van der Waals surface area contributed by atoms with E-state index in [1.807, 2.05) is 0 Å². The molecule has 2 aliphatic rings. The van der Waals surface area contributed by atoms with Crippen molar-refractivity contribution in [2.24, 2.45) is 0 Å². The number of carbonyl (C=O) groups is 1. The van der Waals surface area contributed by atoms with E-state index in [2.05, 4.69) is 10.2 Å². The molecule has 2 aliphatic heterocycles. The van der Waals surface area contributed by atoms with Gasteiger partial charge in [0.1, 0.15) is 11.6 Å². The number of rotatable bonds is 5. The first-order chi connectivity index (χ1) is 11.6. The van der Waals surface area contributed by atoms with Crippen LogP contribution in [0.25, 0.3) is 0 Å². The van der Waals surface area contributed by atoms with Crippen molar-refractivity contribution in [3.8, 4) is 5.75 Å². The van der Waals surface area contributed by atoms with Crippen molar-refractivity contribution in [3.63, 3.8) is 0 Å². The maximum Gasteiger partial charge on any atom is 0.254 e. The highest BCUT2D eigenvalue weighted by Gasteiger charge is 2.37. The lowest BCUT2D eigenvalue weighted by molar-refractivity contribution is -0.0566. The molecule has 6 nitrogen and oxygen atoms in total. The summed E-state index contributed by atoms with van der Waals surface area (Å²) in [6, 6.07) is 4.46. The fourth-order valence-corrected chi connectivity index (χ4v) is 3.44. The van der Waals surface area contributed by atoms with E-state index in [-0.39, 0.29) is 30.4 Å². The molecule has 0 aromatic heterocycles. The van der Waals surface area contributed by atoms with Crippen molar-refractivity contribution in [1.82, 2.24) is 10.2 Å². The Labute approximate surface area is 140 Å². The molecule has 0 radical (unpaired) electrons. The molecular weight excluding hydrogens is 315 g/mol. The summed E-state index contributed by atoms with van der Waals surface area (Å²) >= 11 is 0. The monoisotopic (exact) mass is 338 g/mol. The lowest BCUT2D eigenvalue weighted by Crippen LogP contribution is -2.46. The molecule has 0 saturated carbocycles. The van der Waals surface area contributed by atoms with Crippen LogP contribution in [0.2, 0.25) is 0 Å². The van der Waals surface area contributed by atoms with E-state index in [0.717, 1.165) is 19.5 Å². The van der Waals surface area contributed by atoms with Crippen molar-refractivity contribution in [2.45, 2.75) is 31.0 Å². The molecule has 1 aromatic carbocycles. The van der Waals surface area contributed by atoms with Crippen LogP contribution in [0.15, 0.2) is 18.2 Å². The van der Waals surface area contributed by atoms with Gasteiger partial charge in [0.05, 0.1) is 25.4 Å². The summed E-state index contributed by atoms with van der Waals surface area (Å²) in [5, 5.41) is 11.9. The Morgan fingerprint density at radius 1 is 1.50 bits per heavy atom. The lowest BCUT2D eigenvalue weighted by atomic mass is 10.1. The highest BCUT2D eigenvalue weighted by molar-refractivity contribution is 5.94. The molecule has 0 spiro atoms. The van der Waals surface area contributed by atoms with Crippen LogP contribution in [0.1, 0.15) is 23.2 Å². The number of aliphatic hydroxyl groups excluding tert-OH is 1. The lowest BCUT2D eigenvalue weighted by Gasteiger charge is -2.34. The number of methoxy groups -OCH3 is 1. The average Bonchev–Trinajstić information content (AvgIpc) is 2.96. The van der Waals surface area contributed by atoms with E-state index in [0.29, 0.717) is 18.8 Å². The molecule has 1 aromatic rings. The van der Waals surface area contributed by atoms with Crippen molar-refractivity contribution in [1.29, 1.82) is 0 Å². The van der Waals surface area contributed by atoms with Gasteiger partial charge >= 0.3 is 0 Å². The predicted molar refractivity (Wildman–Crippen MR) is 85.6 cm³/mol. The molecule has 0 unspecified atom stereocenters. The number of fused-ring (bicyclic) bond motifs is 1. The van der Waals surface area contributed by atoms with Crippen LogP contribution in [0, 0.1) is 5.82 Å². The first kappa shape index (κ1) is 17.1. The Hall–Kier alpha value is -1.70. The molecule has 3 rings (SSSR count). The van der Waals surface area contributed by atoms with Gasteiger partial charge < -0.3 is 19.9 Å². The van der Waals surface area contributed by atoms with Crippen LogP contribution in [0.3, 0.4) is 0 Å².